The molecule has 0 spiro atoms. The number of alkyl halides is 3. The Bertz CT molecular complexity index is 1550. The Morgan fingerprint density at radius 1 is 1.08 bits per heavy atom. The van der Waals surface area contributed by atoms with Crippen LogP contribution >= 0.6 is 0 Å². The average molecular weight is 513 g/mol. The summed E-state index contributed by atoms with van der Waals surface area (Å²) in [5.74, 6) is 0. The second kappa shape index (κ2) is 9.56. The number of nitrogens with zero attached hydrogens (tertiary/aromatic N) is 5. The fraction of sp³-hybridized carbons (Fsp3) is 0.292. The third-order valence-electron chi connectivity index (χ3n) is 6.30. The molecule has 4 aromatic heterocycles. The van der Waals surface area contributed by atoms with E-state index in [9.17, 15) is 27.6 Å². The van der Waals surface area contributed by atoms with Gasteiger partial charge < -0.3 is 14.8 Å². The molecule has 0 bridgehead atoms. The highest BCUT2D eigenvalue weighted by Gasteiger charge is 2.30. The molecule has 0 aromatic carbocycles. The molecule has 1 fully saturated rings. The lowest BCUT2D eigenvalue weighted by Gasteiger charge is -2.32. The van der Waals surface area contributed by atoms with Crippen molar-refractivity contribution in [3.8, 4) is 11.1 Å². The van der Waals surface area contributed by atoms with Crippen LogP contribution in [0.15, 0.2) is 64.7 Å². The SMILES string of the molecule is O=C(Nc1cc(-c2ccncc2)cn(CC(F)(F)F)c1=O)N1CCC(n2c(=O)[nH]c3ncccc32)CC1. The number of amides is 2. The van der Waals surface area contributed by atoms with Crippen molar-refractivity contribution in [2.45, 2.75) is 31.6 Å². The maximum Gasteiger partial charge on any atom is 0.406 e. The number of halogens is 3. The van der Waals surface area contributed by atoms with Crippen LogP contribution in [0, 0.1) is 0 Å². The molecule has 1 aliphatic heterocycles. The number of piperidine rings is 1. The van der Waals surface area contributed by atoms with Crippen molar-refractivity contribution in [2.24, 2.45) is 0 Å². The molecule has 2 amide bonds. The zero-order chi connectivity index (χ0) is 26.2. The van der Waals surface area contributed by atoms with Gasteiger partial charge in [-0.2, -0.15) is 13.2 Å². The van der Waals surface area contributed by atoms with Gasteiger partial charge in [-0.1, -0.05) is 0 Å². The molecule has 192 valence electrons. The summed E-state index contributed by atoms with van der Waals surface area (Å²) in [6, 6.07) is 7.31. The fourth-order valence-electron chi connectivity index (χ4n) is 4.58. The number of carbonyl (C=O) groups is 1. The molecule has 4 aromatic rings. The number of aromatic amines is 1. The molecule has 1 saturated heterocycles. The van der Waals surface area contributed by atoms with Gasteiger partial charge in [0.1, 0.15) is 12.2 Å². The van der Waals surface area contributed by atoms with Crippen LogP contribution in [0.25, 0.3) is 22.3 Å². The molecule has 1 aliphatic rings. The number of carbonyl (C=O) groups excluding carboxylic acids is 1. The lowest BCUT2D eigenvalue weighted by molar-refractivity contribution is -0.141. The molecule has 0 unspecified atom stereocenters. The van der Waals surface area contributed by atoms with Gasteiger partial charge in [-0.3, -0.25) is 19.3 Å². The van der Waals surface area contributed by atoms with E-state index in [1.165, 1.54) is 23.4 Å². The van der Waals surface area contributed by atoms with Crippen LogP contribution in [-0.2, 0) is 6.54 Å². The summed E-state index contributed by atoms with van der Waals surface area (Å²) in [5.41, 5.74) is 0.523. The third kappa shape index (κ3) is 5.10. The zero-order valence-corrected chi connectivity index (χ0v) is 19.4. The van der Waals surface area contributed by atoms with E-state index in [1.807, 2.05) is 0 Å². The highest BCUT2D eigenvalue weighted by atomic mass is 19.4. The summed E-state index contributed by atoms with van der Waals surface area (Å²) in [4.78, 5) is 50.5. The monoisotopic (exact) mass is 513 g/mol. The first-order valence-corrected chi connectivity index (χ1v) is 11.5. The van der Waals surface area contributed by atoms with Crippen LogP contribution < -0.4 is 16.6 Å². The van der Waals surface area contributed by atoms with Crippen molar-refractivity contribution in [3.05, 3.63) is 76.0 Å². The molecule has 37 heavy (non-hydrogen) atoms. The van der Waals surface area contributed by atoms with Crippen LogP contribution in [0.2, 0.25) is 0 Å². The number of hydrogen-bond acceptors (Lipinski definition) is 5. The lowest BCUT2D eigenvalue weighted by atomic mass is 10.0. The van der Waals surface area contributed by atoms with E-state index < -0.39 is 24.3 Å². The molecule has 10 nitrogen and oxygen atoms in total. The Hall–Kier alpha value is -4.42. The summed E-state index contributed by atoms with van der Waals surface area (Å²) in [5, 5.41) is 2.49. The van der Waals surface area contributed by atoms with Crippen LogP contribution in [0.1, 0.15) is 18.9 Å². The van der Waals surface area contributed by atoms with E-state index in [4.69, 9.17) is 0 Å². The number of fused-ring (bicyclic) bond motifs is 1. The summed E-state index contributed by atoms with van der Waals surface area (Å²) >= 11 is 0. The first-order valence-electron chi connectivity index (χ1n) is 11.5. The summed E-state index contributed by atoms with van der Waals surface area (Å²) < 4.78 is 41.5. The van der Waals surface area contributed by atoms with E-state index in [0.717, 1.165) is 6.20 Å². The predicted molar refractivity (Wildman–Crippen MR) is 129 cm³/mol. The number of rotatable bonds is 4. The number of likely N-dealkylation sites (tertiary alicyclic amines) is 1. The highest BCUT2D eigenvalue weighted by molar-refractivity contribution is 5.90. The number of imidazole rings is 1. The van der Waals surface area contributed by atoms with Crippen molar-refractivity contribution in [1.82, 2.24) is 29.0 Å². The highest BCUT2D eigenvalue weighted by Crippen LogP contribution is 2.26. The summed E-state index contributed by atoms with van der Waals surface area (Å²) in [7, 11) is 0. The Kier molecular flexibility index (Phi) is 6.27. The predicted octanol–water partition coefficient (Wildman–Crippen LogP) is 3.38. The maximum absolute atomic E-state index is 13.1. The molecular formula is C24H22F3N7O3. The number of anilines is 1. The van der Waals surface area contributed by atoms with Gasteiger partial charge in [-0.25, -0.2) is 14.6 Å². The summed E-state index contributed by atoms with van der Waals surface area (Å²) in [6.45, 7) is -0.916. The van der Waals surface area contributed by atoms with Gasteiger partial charge in [-0.05, 0) is 48.7 Å². The maximum atomic E-state index is 13.1. The molecule has 5 rings (SSSR count). The minimum absolute atomic E-state index is 0.159. The van der Waals surface area contributed by atoms with Gasteiger partial charge in [-0.15, -0.1) is 0 Å². The largest absolute Gasteiger partial charge is 0.406 e. The number of aromatic nitrogens is 5. The van der Waals surface area contributed by atoms with Crippen molar-refractivity contribution in [3.63, 3.8) is 0 Å². The minimum atomic E-state index is -4.63. The lowest BCUT2D eigenvalue weighted by Crippen LogP contribution is -2.43. The third-order valence-corrected chi connectivity index (χ3v) is 6.30. The van der Waals surface area contributed by atoms with Gasteiger partial charge in [0, 0.05) is 49.5 Å². The van der Waals surface area contributed by atoms with Gasteiger partial charge in [0.2, 0.25) is 0 Å². The molecular weight excluding hydrogens is 491 g/mol. The molecule has 2 N–H and O–H groups in total. The molecule has 0 radical (unpaired) electrons. The molecule has 0 saturated carbocycles. The Labute approximate surface area is 207 Å². The molecule has 0 atom stereocenters. The van der Waals surface area contributed by atoms with E-state index in [2.05, 4.69) is 20.3 Å². The van der Waals surface area contributed by atoms with Crippen molar-refractivity contribution in [2.75, 3.05) is 18.4 Å². The first kappa shape index (κ1) is 24.3. The molecule has 5 heterocycles. The van der Waals surface area contributed by atoms with Gasteiger partial charge in [0.05, 0.1) is 5.52 Å². The topological polar surface area (TPSA) is 118 Å². The number of hydrogen-bond donors (Lipinski definition) is 2. The Balaban J connectivity index is 1.35. The van der Waals surface area contributed by atoms with Crippen molar-refractivity contribution < 1.29 is 18.0 Å². The zero-order valence-electron chi connectivity index (χ0n) is 19.4. The quantitative estimate of drug-likeness (QED) is 0.434. The van der Waals surface area contributed by atoms with E-state index in [1.54, 1.807) is 35.0 Å². The smallest absolute Gasteiger partial charge is 0.324 e. The van der Waals surface area contributed by atoms with E-state index >= 15 is 0 Å². The van der Waals surface area contributed by atoms with Crippen molar-refractivity contribution >= 4 is 22.9 Å². The summed E-state index contributed by atoms with van der Waals surface area (Å²) in [6.07, 6.45) is 1.98. The number of H-pyrrole nitrogens is 1. The average Bonchev–Trinajstić information content (AvgIpc) is 3.21. The van der Waals surface area contributed by atoms with E-state index in [0.29, 0.717) is 39.7 Å². The minimum Gasteiger partial charge on any atom is -0.324 e. The fourth-order valence-corrected chi connectivity index (χ4v) is 4.58. The first-order chi connectivity index (χ1) is 17.7. The number of pyridine rings is 3. The van der Waals surface area contributed by atoms with Crippen LogP contribution in [0.5, 0.6) is 0 Å². The van der Waals surface area contributed by atoms with Crippen LogP contribution in [-0.4, -0.2) is 54.3 Å². The number of nitrogens with one attached hydrogen (secondary N) is 2. The van der Waals surface area contributed by atoms with E-state index in [-0.39, 0.29) is 30.5 Å². The Morgan fingerprint density at radius 2 is 1.81 bits per heavy atom. The normalized spacial score (nSPS) is 14.7. The second-order valence-electron chi connectivity index (χ2n) is 8.75. The standard InChI is InChI=1S/C24H22F3N7O3/c25-24(26,27)14-33-13-16(15-3-8-28-9-4-15)12-18(21(33)35)30-22(36)32-10-5-17(6-11-32)34-19-2-1-7-29-20(19)31-23(34)37/h1-4,7-9,12-13,17H,5-6,10-11,14H2,(H,30,36)(H,29,31,37). The van der Waals surface area contributed by atoms with Gasteiger partial charge >= 0.3 is 17.9 Å². The van der Waals surface area contributed by atoms with Crippen LogP contribution in [0.4, 0.5) is 23.7 Å². The van der Waals surface area contributed by atoms with Crippen LogP contribution in [0.3, 0.4) is 0 Å². The molecule has 13 heteroatoms. The molecule has 0 aliphatic carbocycles. The van der Waals surface area contributed by atoms with Crippen molar-refractivity contribution in [1.29, 1.82) is 0 Å². The Morgan fingerprint density at radius 3 is 2.51 bits per heavy atom. The van der Waals surface area contributed by atoms with Gasteiger partial charge in [0.15, 0.2) is 5.65 Å². The van der Waals surface area contributed by atoms with Gasteiger partial charge in [0.25, 0.3) is 5.56 Å². The second-order valence-corrected chi connectivity index (χ2v) is 8.75. The number of urea groups is 1.